The summed E-state index contributed by atoms with van der Waals surface area (Å²) in [6, 6.07) is -0.793. The molecule has 31 heavy (non-hydrogen) atoms. The van der Waals surface area contributed by atoms with Crippen LogP contribution in [0.3, 0.4) is 0 Å². The molecule has 10 nitrogen and oxygen atoms in total. The standard InChI is InChI=1S/C19H18F2N6O4/c20-13-15(22)12-16(26(8-1-2-8)5-9(18(12)29)19(30)31)14(21)17(13)25-6-10(11(28)7-25)27-4-3-23-24-27/h3-5,8,10-11,28H,1-2,6-7,22H2,(H,30,31). The Bertz CT molecular complexity index is 1270. The van der Waals surface area contributed by atoms with Crippen LogP contribution in [0, 0.1) is 11.6 Å². The first-order valence-corrected chi connectivity index (χ1v) is 9.67. The van der Waals surface area contributed by atoms with Gasteiger partial charge in [0.25, 0.3) is 0 Å². The van der Waals surface area contributed by atoms with Crippen molar-refractivity contribution in [3.05, 3.63) is 46.0 Å². The highest BCUT2D eigenvalue weighted by Gasteiger charge is 2.38. The van der Waals surface area contributed by atoms with Crippen molar-refractivity contribution in [3.8, 4) is 0 Å². The van der Waals surface area contributed by atoms with E-state index in [1.807, 2.05) is 0 Å². The van der Waals surface area contributed by atoms with Gasteiger partial charge in [-0.3, -0.25) is 4.79 Å². The highest BCUT2D eigenvalue weighted by Crippen LogP contribution is 2.42. The van der Waals surface area contributed by atoms with Gasteiger partial charge in [-0.2, -0.15) is 0 Å². The topological polar surface area (TPSA) is 140 Å². The van der Waals surface area contributed by atoms with Gasteiger partial charge in [0.2, 0.25) is 5.43 Å². The highest BCUT2D eigenvalue weighted by molar-refractivity contribution is 5.99. The third-order valence-corrected chi connectivity index (χ3v) is 5.89. The first kappa shape index (κ1) is 19.4. The van der Waals surface area contributed by atoms with Gasteiger partial charge in [-0.25, -0.2) is 18.3 Å². The maximum atomic E-state index is 15.8. The summed E-state index contributed by atoms with van der Waals surface area (Å²) in [5.41, 5.74) is 2.96. The van der Waals surface area contributed by atoms with Gasteiger partial charge in [0.1, 0.15) is 11.3 Å². The number of benzene rings is 1. The number of fused-ring (bicyclic) bond motifs is 1. The van der Waals surface area contributed by atoms with E-state index in [0.717, 1.165) is 6.20 Å². The number of halogens is 2. The zero-order chi connectivity index (χ0) is 22.0. The van der Waals surface area contributed by atoms with Crippen molar-refractivity contribution in [3.63, 3.8) is 0 Å². The number of aromatic carboxylic acids is 1. The van der Waals surface area contributed by atoms with Crippen molar-refractivity contribution in [2.75, 3.05) is 23.7 Å². The molecular weight excluding hydrogens is 414 g/mol. The van der Waals surface area contributed by atoms with Crippen LogP contribution in [0.4, 0.5) is 20.2 Å². The molecule has 162 valence electrons. The molecule has 1 aromatic carbocycles. The summed E-state index contributed by atoms with van der Waals surface area (Å²) in [5, 5.41) is 26.8. The van der Waals surface area contributed by atoms with Crippen molar-refractivity contribution in [1.29, 1.82) is 0 Å². The second-order valence-corrected chi connectivity index (χ2v) is 7.85. The summed E-state index contributed by atoms with van der Waals surface area (Å²) in [4.78, 5) is 25.5. The van der Waals surface area contributed by atoms with E-state index in [9.17, 15) is 19.8 Å². The molecule has 2 atom stereocenters. The number of carbonyl (C=O) groups is 1. The quantitative estimate of drug-likeness (QED) is 0.517. The summed E-state index contributed by atoms with van der Waals surface area (Å²) < 4.78 is 33.8. The van der Waals surface area contributed by atoms with Crippen LogP contribution in [-0.2, 0) is 0 Å². The molecule has 2 aromatic heterocycles. The fraction of sp³-hybridized carbons (Fsp3) is 0.368. The van der Waals surface area contributed by atoms with E-state index in [1.165, 1.54) is 26.5 Å². The number of pyridine rings is 1. The van der Waals surface area contributed by atoms with E-state index >= 15 is 8.78 Å². The SMILES string of the molecule is Nc1c(F)c(N2CC(O)C(n3ccnn3)C2)c(F)c2c1c(=O)c(C(=O)O)cn2C1CC1. The fourth-order valence-corrected chi connectivity index (χ4v) is 4.23. The number of β-amino-alcohol motifs (C(OH)–C–C–N with tert-alkyl or cyclic N) is 1. The van der Waals surface area contributed by atoms with Crippen LogP contribution in [0.15, 0.2) is 23.4 Å². The number of nitrogens with zero attached hydrogens (tertiary/aromatic N) is 5. The van der Waals surface area contributed by atoms with Crippen LogP contribution < -0.4 is 16.1 Å². The monoisotopic (exact) mass is 432 g/mol. The number of carboxylic acid groups (broad SMARTS) is 1. The molecule has 0 bridgehead atoms. The third kappa shape index (κ3) is 2.86. The van der Waals surface area contributed by atoms with Crippen LogP contribution >= 0.6 is 0 Å². The molecular formula is C19H18F2N6O4. The normalized spacial score (nSPS) is 21.2. The Morgan fingerprint density at radius 2 is 1.97 bits per heavy atom. The minimum absolute atomic E-state index is 0.0319. The van der Waals surface area contributed by atoms with Gasteiger partial charge in [-0.15, -0.1) is 5.10 Å². The predicted molar refractivity (Wildman–Crippen MR) is 105 cm³/mol. The number of aliphatic hydroxyl groups is 1. The van der Waals surface area contributed by atoms with E-state index < -0.39 is 57.5 Å². The lowest BCUT2D eigenvalue weighted by Crippen LogP contribution is -2.26. The average molecular weight is 432 g/mol. The molecule has 2 aliphatic rings. The van der Waals surface area contributed by atoms with Crippen LogP contribution in [0.25, 0.3) is 10.9 Å². The van der Waals surface area contributed by atoms with Gasteiger partial charge in [0.15, 0.2) is 11.6 Å². The molecule has 2 unspecified atom stereocenters. The van der Waals surface area contributed by atoms with Gasteiger partial charge in [-0.05, 0) is 12.8 Å². The first-order chi connectivity index (χ1) is 14.8. The Morgan fingerprint density at radius 3 is 2.58 bits per heavy atom. The summed E-state index contributed by atoms with van der Waals surface area (Å²) >= 11 is 0. The number of aromatic nitrogens is 4. The summed E-state index contributed by atoms with van der Waals surface area (Å²) in [7, 11) is 0. The lowest BCUT2D eigenvalue weighted by molar-refractivity contribution is 0.0694. The van der Waals surface area contributed by atoms with Crippen molar-refractivity contribution in [2.45, 2.75) is 31.0 Å². The third-order valence-electron chi connectivity index (χ3n) is 5.89. The van der Waals surface area contributed by atoms with Gasteiger partial charge >= 0.3 is 5.97 Å². The van der Waals surface area contributed by atoms with Crippen molar-refractivity contribution >= 4 is 28.2 Å². The molecule has 3 aromatic rings. The molecule has 0 amide bonds. The number of nitrogens with two attached hydrogens (primary N) is 1. The number of nitrogen functional groups attached to an aromatic ring is 1. The molecule has 4 N–H and O–H groups in total. The minimum Gasteiger partial charge on any atom is -0.477 e. The second-order valence-electron chi connectivity index (χ2n) is 7.85. The lowest BCUT2D eigenvalue weighted by Gasteiger charge is -2.23. The molecule has 0 spiro atoms. The van der Waals surface area contributed by atoms with Crippen molar-refractivity contribution in [1.82, 2.24) is 19.6 Å². The van der Waals surface area contributed by atoms with Gasteiger partial charge < -0.3 is 25.4 Å². The van der Waals surface area contributed by atoms with E-state index in [0.29, 0.717) is 12.8 Å². The second kappa shape index (κ2) is 6.74. The summed E-state index contributed by atoms with van der Waals surface area (Å²) in [6.07, 6.45) is 4.42. The van der Waals surface area contributed by atoms with E-state index in [2.05, 4.69) is 10.3 Å². The number of aliphatic hydroxyl groups excluding tert-OH is 1. The van der Waals surface area contributed by atoms with E-state index in [1.54, 1.807) is 0 Å². The summed E-state index contributed by atoms with van der Waals surface area (Å²) in [5.74, 6) is -3.68. The number of anilines is 2. The van der Waals surface area contributed by atoms with Crippen molar-refractivity contribution < 1.29 is 23.8 Å². The zero-order valence-electron chi connectivity index (χ0n) is 16.1. The van der Waals surface area contributed by atoms with Gasteiger partial charge in [0, 0.05) is 31.5 Å². The molecule has 3 heterocycles. The van der Waals surface area contributed by atoms with E-state index in [-0.39, 0.29) is 24.6 Å². The number of rotatable bonds is 4. The Hall–Kier alpha value is -3.54. The fourth-order valence-electron chi connectivity index (χ4n) is 4.23. The largest absolute Gasteiger partial charge is 0.477 e. The molecule has 1 aliphatic carbocycles. The van der Waals surface area contributed by atoms with Crippen LogP contribution in [-0.4, -0.2) is 54.9 Å². The van der Waals surface area contributed by atoms with Crippen LogP contribution in [0.1, 0.15) is 35.3 Å². The average Bonchev–Trinajstić information content (AvgIpc) is 3.28. The molecule has 0 radical (unpaired) electrons. The predicted octanol–water partition coefficient (Wildman–Crippen LogP) is 0.909. The minimum atomic E-state index is -1.50. The maximum Gasteiger partial charge on any atom is 0.341 e. The molecule has 1 saturated heterocycles. The van der Waals surface area contributed by atoms with Gasteiger partial charge in [-0.1, -0.05) is 5.21 Å². The Labute approximate surface area is 173 Å². The first-order valence-electron chi connectivity index (χ1n) is 9.67. The molecule has 1 aliphatic heterocycles. The van der Waals surface area contributed by atoms with Crippen molar-refractivity contribution in [2.24, 2.45) is 0 Å². The van der Waals surface area contributed by atoms with Crippen LogP contribution in [0.2, 0.25) is 0 Å². The highest BCUT2D eigenvalue weighted by atomic mass is 19.1. The maximum absolute atomic E-state index is 15.8. The molecule has 5 rings (SSSR count). The molecule has 1 saturated carbocycles. The number of hydrogen-bond acceptors (Lipinski definition) is 7. The van der Waals surface area contributed by atoms with Crippen LogP contribution in [0.5, 0.6) is 0 Å². The zero-order valence-corrected chi connectivity index (χ0v) is 16.1. The lowest BCUT2D eigenvalue weighted by atomic mass is 10.1. The van der Waals surface area contributed by atoms with E-state index in [4.69, 9.17) is 5.73 Å². The smallest absolute Gasteiger partial charge is 0.341 e. The number of carboxylic acids is 1. The molecule has 12 heteroatoms. The van der Waals surface area contributed by atoms with Gasteiger partial charge in [0.05, 0.1) is 34.9 Å². The Balaban J connectivity index is 1.72. The molecule has 2 fully saturated rings. The Kier molecular flexibility index (Phi) is 4.22. The number of hydrogen-bond donors (Lipinski definition) is 3. The Morgan fingerprint density at radius 1 is 1.23 bits per heavy atom. The summed E-state index contributed by atoms with van der Waals surface area (Å²) in [6.45, 7) is -0.0611.